The number of carbonyl (C=O) groups is 1. The van der Waals surface area contributed by atoms with Crippen molar-refractivity contribution >= 4 is 41.7 Å². The second-order valence-electron chi connectivity index (χ2n) is 5.45. The topological polar surface area (TPSA) is 32.3 Å². The fourth-order valence-electron chi connectivity index (χ4n) is 2.62. The van der Waals surface area contributed by atoms with Crippen LogP contribution in [0.1, 0.15) is 12.8 Å². The van der Waals surface area contributed by atoms with Gasteiger partial charge in [0, 0.05) is 41.3 Å². The van der Waals surface area contributed by atoms with E-state index in [0.29, 0.717) is 11.2 Å². The SMILES string of the molecule is Cl.O=C(C1CNC1)N1CCC(Sc2ccc(Cl)cc2)CC1. The predicted octanol–water partition coefficient (Wildman–Crippen LogP) is 3.06. The lowest BCUT2D eigenvalue weighted by atomic mass is 10.00. The Kier molecular flexibility index (Phi) is 6.23. The molecule has 2 heterocycles. The number of piperidine rings is 1. The molecule has 0 unspecified atom stereocenters. The van der Waals surface area contributed by atoms with E-state index in [1.165, 1.54) is 4.90 Å². The van der Waals surface area contributed by atoms with Crippen LogP contribution < -0.4 is 5.32 Å². The molecule has 1 aromatic carbocycles. The summed E-state index contributed by atoms with van der Waals surface area (Å²) in [6, 6.07) is 8.02. The highest BCUT2D eigenvalue weighted by Gasteiger charge is 2.31. The predicted molar refractivity (Wildman–Crippen MR) is 90.5 cm³/mol. The van der Waals surface area contributed by atoms with Gasteiger partial charge in [-0.3, -0.25) is 4.79 Å². The Labute approximate surface area is 141 Å². The first kappa shape index (κ1) is 16.9. The van der Waals surface area contributed by atoms with Gasteiger partial charge in [-0.25, -0.2) is 0 Å². The van der Waals surface area contributed by atoms with Crippen LogP contribution >= 0.6 is 35.8 Å². The Morgan fingerprint density at radius 1 is 1.19 bits per heavy atom. The largest absolute Gasteiger partial charge is 0.342 e. The van der Waals surface area contributed by atoms with Crippen LogP contribution in [0.5, 0.6) is 0 Å². The van der Waals surface area contributed by atoms with E-state index in [4.69, 9.17) is 11.6 Å². The van der Waals surface area contributed by atoms with Gasteiger partial charge in [0.1, 0.15) is 0 Å². The van der Waals surface area contributed by atoms with Crippen molar-refractivity contribution in [1.82, 2.24) is 10.2 Å². The first-order valence-electron chi connectivity index (χ1n) is 7.14. The molecule has 1 amide bonds. The van der Waals surface area contributed by atoms with Gasteiger partial charge in [0.15, 0.2) is 0 Å². The summed E-state index contributed by atoms with van der Waals surface area (Å²) in [5.74, 6) is 0.578. The van der Waals surface area contributed by atoms with Crippen molar-refractivity contribution in [2.75, 3.05) is 26.2 Å². The van der Waals surface area contributed by atoms with Gasteiger partial charge in [-0.1, -0.05) is 11.6 Å². The molecule has 1 aromatic rings. The molecule has 2 aliphatic rings. The lowest BCUT2D eigenvalue weighted by Crippen LogP contribution is -2.53. The zero-order valence-corrected chi connectivity index (χ0v) is 14.1. The summed E-state index contributed by atoms with van der Waals surface area (Å²) in [6.45, 7) is 3.53. The summed E-state index contributed by atoms with van der Waals surface area (Å²) < 4.78 is 0. The molecule has 3 rings (SSSR count). The lowest BCUT2D eigenvalue weighted by molar-refractivity contribution is -0.137. The second-order valence-corrected chi connectivity index (χ2v) is 7.26. The number of nitrogens with zero attached hydrogens (tertiary/aromatic N) is 1. The van der Waals surface area contributed by atoms with E-state index in [1.807, 2.05) is 28.8 Å². The number of halogens is 2. The molecule has 0 bridgehead atoms. The fourth-order valence-corrected chi connectivity index (χ4v) is 3.87. The smallest absolute Gasteiger partial charge is 0.228 e. The van der Waals surface area contributed by atoms with E-state index in [1.54, 1.807) is 0 Å². The van der Waals surface area contributed by atoms with Crippen LogP contribution in [0.4, 0.5) is 0 Å². The maximum Gasteiger partial charge on any atom is 0.228 e. The van der Waals surface area contributed by atoms with Gasteiger partial charge in [-0.05, 0) is 37.1 Å². The molecule has 2 aliphatic heterocycles. The van der Waals surface area contributed by atoms with Crippen molar-refractivity contribution < 1.29 is 4.79 Å². The molecular formula is C15H20Cl2N2OS. The van der Waals surface area contributed by atoms with E-state index in [2.05, 4.69) is 17.4 Å². The van der Waals surface area contributed by atoms with E-state index < -0.39 is 0 Å². The normalized spacial score (nSPS) is 19.8. The average Bonchev–Trinajstić information content (AvgIpc) is 2.40. The number of benzene rings is 1. The molecule has 0 spiro atoms. The second kappa shape index (κ2) is 7.73. The van der Waals surface area contributed by atoms with Crippen LogP contribution in [0.2, 0.25) is 5.02 Å². The zero-order valence-electron chi connectivity index (χ0n) is 11.8. The van der Waals surface area contributed by atoms with Gasteiger partial charge >= 0.3 is 0 Å². The molecule has 0 saturated carbocycles. The lowest BCUT2D eigenvalue weighted by Gasteiger charge is -2.36. The standard InChI is InChI=1S/C15H19ClN2OS.ClH/c16-12-1-3-13(4-2-12)20-14-5-7-18(8-6-14)15(19)11-9-17-10-11;/h1-4,11,14,17H,5-10H2;1H. The minimum atomic E-state index is 0. The fraction of sp³-hybridized carbons (Fsp3) is 0.533. The maximum absolute atomic E-state index is 12.1. The minimum Gasteiger partial charge on any atom is -0.342 e. The number of nitrogens with one attached hydrogen (secondary N) is 1. The highest BCUT2D eigenvalue weighted by atomic mass is 35.5. The van der Waals surface area contributed by atoms with Crippen LogP contribution in [0, 0.1) is 5.92 Å². The molecule has 0 atom stereocenters. The van der Waals surface area contributed by atoms with E-state index in [0.717, 1.165) is 44.0 Å². The monoisotopic (exact) mass is 346 g/mol. The molecule has 0 aromatic heterocycles. The first-order valence-corrected chi connectivity index (χ1v) is 8.40. The third-order valence-electron chi connectivity index (χ3n) is 4.00. The molecule has 2 fully saturated rings. The van der Waals surface area contributed by atoms with Crippen molar-refractivity contribution in [3.8, 4) is 0 Å². The third kappa shape index (κ3) is 4.28. The number of hydrogen-bond donors (Lipinski definition) is 1. The zero-order chi connectivity index (χ0) is 13.9. The molecule has 6 heteroatoms. The molecule has 0 radical (unpaired) electrons. The van der Waals surface area contributed by atoms with Crippen molar-refractivity contribution in [3.05, 3.63) is 29.3 Å². The molecule has 1 N–H and O–H groups in total. The highest BCUT2D eigenvalue weighted by molar-refractivity contribution is 8.00. The number of hydrogen-bond acceptors (Lipinski definition) is 3. The van der Waals surface area contributed by atoms with Gasteiger partial charge in [-0.2, -0.15) is 0 Å². The summed E-state index contributed by atoms with van der Waals surface area (Å²) in [7, 11) is 0. The highest BCUT2D eigenvalue weighted by Crippen LogP contribution is 2.31. The Bertz CT molecular complexity index is 471. The molecule has 3 nitrogen and oxygen atoms in total. The summed E-state index contributed by atoms with van der Waals surface area (Å²) in [5, 5.41) is 4.56. The van der Waals surface area contributed by atoms with E-state index >= 15 is 0 Å². The third-order valence-corrected chi connectivity index (χ3v) is 5.60. The molecule has 21 heavy (non-hydrogen) atoms. The molecule has 116 valence electrons. The Morgan fingerprint density at radius 2 is 1.81 bits per heavy atom. The molecular weight excluding hydrogens is 327 g/mol. The van der Waals surface area contributed by atoms with E-state index in [-0.39, 0.29) is 18.3 Å². The van der Waals surface area contributed by atoms with Crippen LogP contribution in [-0.2, 0) is 4.79 Å². The average molecular weight is 347 g/mol. The number of likely N-dealkylation sites (tertiary alicyclic amines) is 1. The van der Waals surface area contributed by atoms with Crippen molar-refractivity contribution in [1.29, 1.82) is 0 Å². The summed E-state index contributed by atoms with van der Waals surface area (Å²) >= 11 is 7.80. The van der Waals surface area contributed by atoms with Gasteiger partial charge in [0.05, 0.1) is 5.92 Å². The quantitative estimate of drug-likeness (QED) is 0.912. The van der Waals surface area contributed by atoms with Gasteiger partial charge in [0.25, 0.3) is 0 Å². The van der Waals surface area contributed by atoms with Crippen LogP contribution in [0.15, 0.2) is 29.2 Å². The Morgan fingerprint density at radius 3 is 2.33 bits per heavy atom. The number of amides is 1. The minimum absolute atomic E-state index is 0. The van der Waals surface area contributed by atoms with Gasteiger partial charge < -0.3 is 10.2 Å². The summed E-state index contributed by atoms with van der Waals surface area (Å²) in [4.78, 5) is 15.5. The Balaban J connectivity index is 0.00000161. The molecule has 0 aliphatic carbocycles. The Hall–Kier alpha value is -0.420. The van der Waals surface area contributed by atoms with Crippen LogP contribution in [-0.4, -0.2) is 42.2 Å². The number of thioether (sulfide) groups is 1. The van der Waals surface area contributed by atoms with Gasteiger partial charge in [-0.15, -0.1) is 24.2 Å². The van der Waals surface area contributed by atoms with Gasteiger partial charge in [0.2, 0.25) is 5.91 Å². The van der Waals surface area contributed by atoms with Crippen molar-refractivity contribution in [2.24, 2.45) is 5.92 Å². The van der Waals surface area contributed by atoms with Crippen molar-refractivity contribution in [2.45, 2.75) is 23.0 Å². The van der Waals surface area contributed by atoms with Crippen LogP contribution in [0.25, 0.3) is 0 Å². The first-order chi connectivity index (χ1) is 9.72. The van der Waals surface area contributed by atoms with Crippen molar-refractivity contribution in [3.63, 3.8) is 0 Å². The summed E-state index contributed by atoms with van der Waals surface area (Å²) in [6.07, 6.45) is 2.17. The van der Waals surface area contributed by atoms with Crippen LogP contribution in [0.3, 0.4) is 0 Å². The molecule has 2 saturated heterocycles. The number of rotatable bonds is 3. The maximum atomic E-state index is 12.1. The van der Waals surface area contributed by atoms with E-state index in [9.17, 15) is 4.79 Å². The summed E-state index contributed by atoms with van der Waals surface area (Å²) in [5.41, 5.74) is 0. The number of carbonyl (C=O) groups excluding carboxylic acids is 1.